The molecule has 0 spiro atoms. The zero-order chi connectivity index (χ0) is 80.0. The Morgan fingerprint density at radius 3 is 0.839 bits per heavy atom. The van der Waals surface area contributed by atoms with E-state index in [9.17, 15) is 0 Å². The molecule has 0 atom stereocenters. The number of rotatable bonds is 18. The zero-order valence-corrected chi connectivity index (χ0v) is 68.7. The van der Waals surface area contributed by atoms with E-state index >= 15 is 0 Å². The molecule has 7 aromatic carbocycles. The summed E-state index contributed by atoms with van der Waals surface area (Å²) in [6.07, 6.45) is 11.6. The van der Waals surface area contributed by atoms with Crippen molar-refractivity contribution in [1.82, 2.24) is 59.4 Å². The van der Waals surface area contributed by atoms with E-state index in [4.69, 9.17) is 25.3 Å². The van der Waals surface area contributed by atoms with Crippen molar-refractivity contribution in [3.63, 3.8) is 0 Å². The van der Waals surface area contributed by atoms with Gasteiger partial charge < -0.3 is 43.6 Å². The van der Waals surface area contributed by atoms with Crippen molar-refractivity contribution in [3.05, 3.63) is 194 Å². The first-order valence-corrected chi connectivity index (χ1v) is 39.1. The molecule has 0 saturated carbocycles. The van der Waals surface area contributed by atoms with Gasteiger partial charge in [-0.2, -0.15) is 0 Å². The molecule has 592 valence electrons. The summed E-state index contributed by atoms with van der Waals surface area (Å²) >= 11 is 0. The van der Waals surface area contributed by atoms with Crippen LogP contribution in [0.2, 0.25) is 0 Å². The third-order valence-electron chi connectivity index (χ3n) is 20.2. The van der Waals surface area contributed by atoms with Crippen LogP contribution in [0.3, 0.4) is 0 Å². The highest BCUT2D eigenvalue weighted by atomic mass is 16.5. The van der Waals surface area contributed by atoms with Gasteiger partial charge in [0.05, 0.1) is 113 Å². The number of ether oxygens (including phenoxy) is 3. The molecule has 6 aliphatic heterocycles. The van der Waals surface area contributed by atoms with E-state index in [0.29, 0.717) is 31.2 Å². The number of azide groups is 2. The standard InChI is InChI=1S/3C18H30N4O.C16H12N6.C12H8N6.C3H4/c3*1-6-21-12-19(4)10-14-9-16(23-8-3)18-15(17(14)21)11-20(5)13-22(18)7-2;1-5-15(21-11-9-17-19-21)6-2-13(1)14-3-7-16(8-4-14)22-12-10-18-20-22;13-17-15-11-5-1-9(2-6-11)10-3-7-12(8-4-10)16-18-14;1-3-2/h3*9H,6-8,10-13H2,1-5H3;1-12H;1-8H;1H,2H3. The Hall–Kier alpha value is -11.0. The molecule has 0 fully saturated rings. The van der Waals surface area contributed by atoms with E-state index in [1.807, 2.05) is 60.9 Å². The minimum Gasteiger partial charge on any atom is -0.492 e. The summed E-state index contributed by atoms with van der Waals surface area (Å²) in [6, 6.07) is 37.7. The van der Waals surface area contributed by atoms with Crippen LogP contribution in [-0.4, -0.2) is 201 Å². The number of hydrogen-bond donors (Lipinski definition) is 0. The molecule has 0 amide bonds. The predicted molar refractivity (Wildman–Crippen MR) is 455 cm³/mol. The fraction of sp³-hybridized carbons (Fsp3) is 0.435. The number of nitrogens with zero attached hydrogens (tertiary/aromatic N) is 24. The van der Waals surface area contributed by atoms with Crippen LogP contribution in [0.1, 0.15) is 103 Å². The van der Waals surface area contributed by atoms with E-state index in [2.05, 4.69) is 259 Å². The Labute approximate surface area is 662 Å². The molecule has 27 heteroatoms. The van der Waals surface area contributed by atoms with E-state index < -0.39 is 0 Å². The van der Waals surface area contributed by atoms with Gasteiger partial charge >= 0.3 is 0 Å². The van der Waals surface area contributed by atoms with Crippen LogP contribution in [0.25, 0.3) is 54.5 Å². The van der Waals surface area contributed by atoms with Crippen molar-refractivity contribution in [2.24, 2.45) is 10.2 Å². The molecule has 0 bridgehead atoms. The predicted octanol–water partition coefficient (Wildman–Crippen LogP) is 16.0. The molecule has 0 aliphatic carbocycles. The van der Waals surface area contributed by atoms with Gasteiger partial charge in [-0.05, 0) is 204 Å². The van der Waals surface area contributed by atoms with Crippen molar-refractivity contribution >= 4 is 45.5 Å². The van der Waals surface area contributed by atoms with Crippen molar-refractivity contribution in [2.75, 3.05) is 171 Å². The molecule has 8 heterocycles. The zero-order valence-electron chi connectivity index (χ0n) is 68.7. The Morgan fingerprint density at radius 2 is 0.616 bits per heavy atom. The van der Waals surface area contributed by atoms with Crippen molar-refractivity contribution in [2.45, 2.75) is 109 Å². The molecule has 9 aromatic rings. The largest absolute Gasteiger partial charge is 0.492 e. The summed E-state index contributed by atoms with van der Waals surface area (Å²) in [5.74, 6) is 5.42. The number of benzene rings is 7. The van der Waals surface area contributed by atoms with Gasteiger partial charge in [-0.3, -0.25) is 29.4 Å². The van der Waals surface area contributed by atoms with Crippen molar-refractivity contribution < 1.29 is 14.2 Å². The molecule has 112 heavy (non-hydrogen) atoms. The first-order chi connectivity index (χ1) is 54.4. The van der Waals surface area contributed by atoms with Crippen LogP contribution in [0.5, 0.6) is 17.2 Å². The quantitative estimate of drug-likeness (QED) is 0.0337. The summed E-state index contributed by atoms with van der Waals surface area (Å²) in [4.78, 5) is 34.6. The fourth-order valence-electron chi connectivity index (χ4n) is 15.6. The number of fused-ring (bicyclic) bond motifs is 9. The second-order valence-electron chi connectivity index (χ2n) is 28.5. The molecule has 27 nitrogen and oxygen atoms in total. The second-order valence-corrected chi connectivity index (χ2v) is 28.5. The lowest BCUT2D eigenvalue weighted by Crippen LogP contribution is -2.44. The Morgan fingerprint density at radius 1 is 0.375 bits per heavy atom. The first kappa shape index (κ1) is 83.4. The third-order valence-corrected chi connectivity index (χ3v) is 20.2. The highest BCUT2D eigenvalue weighted by Crippen LogP contribution is 2.49. The van der Waals surface area contributed by atoms with Crippen LogP contribution < -0.4 is 43.6 Å². The van der Waals surface area contributed by atoms with E-state index in [1.54, 1.807) is 52.9 Å². The number of aromatic nitrogens is 6. The maximum Gasteiger partial charge on any atom is 0.143 e. The van der Waals surface area contributed by atoms with Crippen LogP contribution in [0, 0.1) is 12.3 Å². The molecule has 15 rings (SSSR count). The van der Waals surface area contributed by atoms with Gasteiger partial charge in [0.2, 0.25) is 0 Å². The van der Waals surface area contributed by atoms with Gasteiger partial charge in [0.15, 0.2) is 0 Å². The highest BCUT2D eigenvalue weighted by molar-refractivity contribution is 5.81. The van der Waals surface area contributed by atoms with E-state index in [0.717, 1.165) is 169 Å². The van der Waals surface area contributed by atoms with Gasteiger partial charge in [-0.1, -0.05) is 93.5 Å². The van der Waals surface area contributed by atoms with Gasteiger partial charge in [0, 0.05) is 133 Å². The third kappa shape index (κ3) is 20.0. The summed E-state index contributed by atoms with van der Waals surface area (Å²) < 4.78 is 21.6. The van der Waals surface area contributed by atoms with Gasteiger partial charge in [-0.25, -0.2) is 9.36 Å². The van der Waals surface area contributed by atoms with E-state index in [-0.39, 0.29) is 0 Å². The Kier molecular flexibility index (Phi) is 30.0. The topological polar surface area (TPSA) is 226 Å². The average Bonchev–Trinajstić information content (AvgIpc) is 0.762. The molecule has 0 unspecified atom stereocenters. The van der Waals surface area contributed by atoms with Crippen molar-refractivity contribution in [1.29, 1.82) is 0 Å². The molecular weight excluding hydrogens is 1410 g/mol. The number of hydrogen-bond acceptors (Lipinski definition) is 21. The number of terminal acetylenes is 1. The summed E-state index contributed by atoms with van der Waals surface area (Å²) in [5, 5.41) is 22.6. The molecule has 0 saturated heterocycles. The molecular formula is C85H114N24O3. The molecule has 2 aromatic heterocycles. The van der Waals surface area contributed by atoms with Gasteiger partial charge in [0.25, 0.3) is 0 Å². The monoisotopic (exact) mass is 1520 g/mol. The lowest BCUT2D eigenvalue weighted by Gasteiger charge is -2.43. The minimum atomic E-state index is 0.576. The second kappa shape index (κ2) is 40.2. The van der Waals surface area contributed by atoms with Gasteiger partial charge in [-0.15, -0.1) is 22.5 Å². The molecule has 0 N–H and O–H groups in total. The molecule has 6 aliphatic rings. The van der Waals surface area contributed by atoms with Crippen LogP contribution in [-0.2, 0) is 39.3 Å². The maximum atomic E-state index is 8.31. The van der Waals surface area contributed by atoms with Gasteiger partial charge in [0.1, 0.15) is 17.2 Å². The lowest BCUT2D eigenvalue weighted by atomic mass is 9.97. The fourth-order valence-corrected chi connectivity index (χ4v) is 15.6. The van der Waals surface area contributed by atoms with Crippen LogP contribution in [0.15, 0.2) is 150 Å². The maximum absolute atomic E-state index is 8.31. The van der Waals surface area contributed by atoms with Crippen LogP contribution in [0.4, 0.5) is 45.5 Å². The Bertz CT molecular complexity index is 4170. The average molecular weight is 1520 g/mol. The summed E-state index contributed by atoms with van der Waals surface area (Å²) in [6.45, 7) is 41.4. The number of anilines is 6. The lowest BCUT2D eigenvalue weighted by molar-refractivity contribution is 0.287. The SMILES string of the molecule is C#CC.CCOc1cc2c(c3c1N(CC)CN(C)C3)N(CC)CN(C)C2.CCOc1cc2c(c3c1N(CC)CN(C)C3)N(CC)CN(C)C2.CCOc1cc2c(c3c1N(CC)CN(C)C3)N(CC)CN(C)C2.[N-]=[N+]=Nc1ccc(-c2ccc(N=[N+]=[N-])cc2)cc1.c1cn(-c2ccc(-c3ccc(-n4ccnn4)cc3)cc2)nn1. The summed E-state index contributed by atoms with van der Waals surface area (Å²) in [7, 11) is 13.2. The molecule has 0 radical (unpaired) electrons. The van der Waals surface area contributed by atoms with E-state index in [1.165, 1.54) is 67.5 Å². The minimum absolute atomic E-state index is 0.576. The van der Waals surface area contributed by atoms with Crippen LogP contribution >= 0.6 is 0 Å². The first-order valence-electron chi connectivity index (χ1n) is 39.1. The van der Waals surface area contributed by atoms with Crippen molar-refractivity contribution in [3.8, 4) is 63.2 Å². The highest BCUT2D eigenvalue weighted by Gasteiger charge is 2.36. The normalized spacial score (nSPS) is 15.2. The Balaban J connectivity index is 0.000000148. The summed E-state index contributed by atoms with van der Waals surface area (Å²) in [5.41, 5.74) is 40.8. The smallest absolute Gasteiger partial charge is 0.143 e.